The molecule has 2 saturated carbocycles. The van der Waals surface area contributed by atoms with Gasteiger partial charge in [-0.15, -0.1) is 0 Å². The largest absolute Gasteiger partial charge is 0.481 e. The van der Waals surface area contributed by atoms with Gasteiger partial charge in [-0.1, -0.05) is 65.6 Å². The Hall–Kier alpha value is -1.50. The molecule has 1 saturated heterocycles. The fraction of sp³-hybridized carbons (Fsp3) is 0.607. The summed E-state index contributed by atoms with van der Waals surface area (Å²) in [6.45, 7) is 0.619. The minimum Gasteiger partial charge on any atom is -0.481 e. The van der Waals surface area contributed by atoms with Gasteiger partial charge >= 0.3 is 5.97 Å². The Balaban J connectivity index is 1.55. The van der Waals surface area contributed by atoms with Crippen LogP contribution in [0.3, 0.4) is 0 Å². The van der Waals surface area contributed by atoms with Gasteiger partial charge in [-0.25, -0.2) is 4.39 Å². The molecule has 0 radical (unpaired) electrons. The van der Waals surface area contributed by atoms with E-state index in [1.54, 1.807) is 0 Å². The van der Waals surface area contributed by atoms with Crippen molar-refractivity contribution in [1.29, 1.82) is 0 Å². The van der Waals surface area contributed by atoms with E-state index in [1.165, 1.54) is 31.4 Å². The van der Waals surface area contributed by atoms with Crippen LogP contribution in [0.25, 0.3) is 0 Å². The Morgan fingerprint density at radius 3 is 2.65 bits per heavy atom. The molecule has 1 heterocycles. The summed E-state index contributed by atoms with van der Waals surface area (Å²) in [6, 6.07) is 6.84. The zero-order chi connectivity index (χ0) is 24.1. The summed E-state index contributed by atoms with van der Waals surface area (Å²) in [5, 5.41) is 19.9. The molecule has 1 aromatic carbocycles. The fourth-order valence-corrected chi connectivity index (χ4v) is 7.04. The molecular weight excluding hydrogens is 499 g/mol. The highest BCUT2D eigenvalue weighted by atomic mass is 79.9. The zero-order valence-corrected chi connectivity index (χ0v) is 21.3. The van der Waals surface area contributed by atoms with Crippen LogP contribution in [0.15, 0.2) is 47.0 Å². The van der Waals surface area contributed by atoms with Crippen molar-refractivity contribution in [3.63, 3.8) is 0 Å². The number of halogens is 2. The highest BCUT2D eigenvalue weighted by molar-refractivity contribution is 9.11. The van der Waals surface area contributed by atoms with E-state index in [9.17, 15) is 14.3 Å². The number of aliphatic hydroxyl groups is 1. The highest BCUT2D eigenvalue weighted by Gasteiger charge is 2.58. The number of aliphatic carboxylic acids is 1. The SMILES string of the molecule is O=C(O)CCC/C=C\C[C@H]1[C@H](/C=C(/Br)[C@H](O)C2CCCCC2)[C@@H]2C[C@@]1(c1ccc(F)cc1)CO2. The van der Waals surface area contributed by atoms with Crippen molar-refractivity contribution in [3.05, 3.63) is 58.4 Å². The van der Waals surface area contributed by atoms with E-state index in [2.05, 4.69) is 34.2 Å². The molecule has 0 aromatic heterocycles. The number of benzene rings is 1. The molecule has 34 heavy (non-hydrogen) atoms. The maximum atomic E-state index is 13.7. The number of aliphatic hydroxyl groups excluding tert-OH is 1. The Kier molecular flexibility index (Phi) is 8.65. The summed E-state index contributed by atoms with van der Waals surface area (Å²) in [7, 11) is 0. The van der Waals surface area contributed by atoms with Gasteiger partial charge < -0.3 is 14.9 Å². The first-order valence-electron chi connectivity index (χ1n) is 12.7. The van der Waals surface area contributed by atoms with Crippen LogP contribution in [0.5, 0.6) is 0 Å². The van der Waals surface area contributed by atoms with Gasteiger partial charge in [-0.05, 0) is 68.1 Å². The summed E-state index contributed by atoms with van der Waals surface area (Å²) in [6.07, 6.45) is 15.1. The number of ether oxygens (including phenoxy) is 1. The first-order valence-corrected chi connectivity index (χ1v) is 13.5. The Labute approximate surface area is 210 Å². The second-order valence-electron chi connectivity index (χ2n) is 10.3. The number of hydrogen-bond donors (Lipinski definition) is 2. The zero-order valence-electron chi connectivity index (χ0n) is 19.7. The van der Waals surface area contributed by atoms with E-state index in [0.29, 0.717) is 18.9 Å². The second kappa shape index (κ2) is 11.5. The third-order valence-electron chi connectivity index (χ3n) is 8.19. The number of fused-ring (bicyclic) bond motifs is 2. The lowest BCUT2D eigenvalue weighted by atomic mass is 9.69. The van der Waals surface area contributed by atoms with Gasteiger partial charge in [0.15, 0.2) is 0 Å². The van der Waals surface area contributed by atoms with Gasteiger partial charge in [0.05, 0.1) is 18.8 Å². The molecule has 4 rings (SSSR count). The summed E-state index contributed by atoms with van der Waals surface area (Å²) in [4.78, 5) is 10.8. The molecule has 0 spiro atoms. The smallest absolute Gasteiger partial charge is 0.303 e. The molecule has 0 amide bonds. The van der Waals surface area contributed by atoms with Crippen LogP contribution in [-0.4, -0.2) is 35.0 Å². The molecule has 2 aliphatic carbocycles. The Morgan fingerprint density at radius 1 is 1.21 bits per heavy atom. The average Bonchev–Trinajstić information content (AvgIpc) is 3.40. The van der Waals surface area contributed by atoms with Crippen LogP contribution in [-0.2, 0) is 14.9 Å². The topological polar surface area (TPSA) is 66.8 Å². The lowest BCUT2D eigenvalue weighted by Gasteiger charge is -2.38. The van der Waals surface area contributed by atoms with E-state index < -0.39 is 12.1 Å². The number of unbranched alkanes of at least 4 members (excludes halogenated alkanes) is 1. The van der Waals surface area contributed by atoms with Gasteiger partial charge in [0.1, 0.15) is 5.82 Å². The van der Waals surface area contributed by atoms with Gasteiger partial charge in [-0.2, -0.15) is 0 Å². The summed E-state index contributed by atoms with van der Waals surface area (Å²) >= 11 is 3.72. The maximum absolute atomic E-state index is 13.7. The molecule has 3 fully saturated rings. The molecule has 0 unspecified atom stereocenters. The van der Waals surface area contributed by atoms with Crippen molar-refractivity contribution in [2.75, 3.05) is 6.61 Å². The van der Waals surface area contributed by atoms with Crippen molar-refractivity contribution in [2.45, 2.75) is 81.8 Å². The van der Waals surface area contributed by atoms with Crippen molar-refractivity contribution in [1.82, 2.24) is 0 Å². The second-order valence-corrected chi connectivity index (χ2v) is 11.2. The molecule has 3 aliphatic rings. The van der Waals surface area contributed by atoms with Crippen molar-refractivity contribution < 1.29 is 24.1 Å². The average molecular weight is 535 g/mol. The molecule has 2 N–H and O–H groups in total. The lowest BCUT2D eigenvalue weighted by Crippen LogP contribution is -2.39. The Bertz CT molecular complexity index is 892. The van der Waals surface area contributed by atoms with Crippen LogP contribution in [0.1, 0.15) is 69.8 Å². The summed E-state index contributed by atoms with van der Waals surface area (Å²) in [5.74, 6) is -0.287. The maximum Gasteiger partial charge on any atom is 0.303 e. The summed E-state index contributed by atoms with van der Waals surface area (Å²) < 4.78 is 20.8. The number of hydrogen-bond acceptors (Lipinski definition) is 3. The van der Waals surface area contributed by atoms with Gasteiger partial charge in [0.2, 0.25) is 0 Å². The first-order chi connectivity index (χ1) is 16.4. The highest BCUT2D eigenvalue weighted by Crippen LogP contribution is 2.57. The van der Waals surface area contributed by atoms with E-state index in [1.807, 2.05) is 12.1 Å². The molecular formula is C28H36BrFO4. The predicted molar refractivity (Wildman–Crippen MR) is 134 cm³/mol. The normalized spacial score (nSPS) is 30.8. The molecule has 4 nitrogen and oxygen atoms in total. The van der Waals surface area contributed by atoms with E-state index in [-0.39, 0.29) is 35.6 Å². The lowest BCUT2D eigenvalue weighted by molar-refractivity contribution is -0.137. The molecule has 6 heteroatoms. The predicted octanol–water partition coefficient (Wildman–Crippen LogP) is 6.52. The van der Waals surface area contributed by atoms with E-state index in [0.717, 1.165) is 42.1 Å². The van der Waals surface area contributed by atoms with Crippen LogP contribution in [0, 0.1) is 23.6 Å². The molecule has 2 bridgehead atoms. The standard InChI is InChI=1S/C28H36BrFO4/c29-24(27(33)19-8-4-3-5-9-19)16-22-23(10-6-1-2-7-11-26(31)32)28(17-25(22)34-18-28)20-12-14-21(30)15-13-20/h1,6,12-16,19,22-23,25,27,33H,2-5,7-11,17-18H2,(H,31,32)/b6-1-,24-16+/t22-,23-,25-,27+,28-/m0/s1. The number of carbonyl (C=O) groups is 1. The van der Waals surface area contributed by atoms with Gasteiger partial charge in [0, 0.05) is 22.2 Å². The van der Waals surface area contributed by atoms with Crippen LogP contribution in [0.2, 0.25) is 0 Å². The number of carboxylic acid groups (broad SMARTS) is 1. The number of rotatable bonds is 10. The van der Waals surface area contributed by atoms with Gasteiger partial charge in [-0.3, -0.25) is 4.79 Å². The monoisotopic (exact) mass is 534 g/mol. The van der Waals surface area contributed by atoms with E-state index in [4.69, 9.17) is 9.84 Å². The number of allylic oxidation sites excluding steroid dienone is 2. The van der Waals surface area contributed by atoms with Crippen LogP contribution >= 0.6 is 15.9 Å². The molecule has 5 atom stereocenters. The quantitative estimate of drug-likeness (QED) is 0.265. The molecule has 1 aromatic rings. The van der Waals surface area contributed by atoms with Crippen molar-refractivity contribution in [2.24, 2.45) is 17.8 Å². The molecule has 186 valence electrons. The third-order valence-corrected chi connectivity index (χ3v) is 8.93. The Morgan fingerprint density at radius 2 is 1.94 bits per heavy atom. The van der Waals surface area contributed by atoms with Crippen molar-refractivity contribution >= 4 is 21.9 Å². The van der Waals surface area contributed by atoms with Gasteiger partial charge in [0.25, 0.3) is 0 Å². The number of carboxylic acids is 1. The minimum absolute atomic E-state index is 0.0709. The molecule has 1 aliphatic heterocycles. The summed E-state index contributed by atoms with van der Waals surface area (Å²) in [5.41, 5.74) is 0.925. The van der Waals surface area contributed by atoms with E-state index >= 15 is 0 Å². The van der Waals surface area contributed by atoms with Crippen LogP contribution < -0.4 is 0 Å². The minimum atomic E-state index is -0.763. The first kappa shape index (κ1) is 25.6. The van der Waals surface area contributed by atoms with Crippen LogP contribution in [0.4, 0.5) is 4.39 Å². The fourth-order valence-electron chi connectivity index (χ4n) is 6.36. The third kappa shape index (κ3) is 5.66. The van der Waals surface area contributed by atoms with Crippen molar-refractivity contribution in [3.8, 4) is 0 Å².